The maximum Gasteiger partial charge on any atom is 0.187 e. The van der Waals surface area contributed by atoms with Gasteiger partial charge in [0.15, 0.2) is 5.78 Å². The Morgan fingerprint density at radius 2 is 1.61 bits per heavy atom. The van der Waals surface area contributed by atoms with E-state index < -0.39 is 0 Å². The highest BCUT2D eigenvalue weighted by atomic mass is 32.2. The van der Waals surface area contributed by atoms with E-state index in [4.69, 9.17) is 0 Å². The average molecular weight is 325 g/mol. The van der Waals surface area contributed by atoms with E-state index in [2.05, 4.69) is 32.2 Å². The molecule has 120 valence electrons. The summed E-state index contributed by atoms with van der Waals surface area (Å²) in [5, 5.41) is 3.35. The molecule has 23 heavy (non-hydrogen) atoms. The number of ketones is 1. The van der Waals surface area contributed by atoms with E-state index in [1.807, 2.05) is 67.2 Å². The zero-order valence-corrected chi connectivity index (χ0v) is 14.9. The van der Waals surface area contributed by atoms with Gasteiger partial charge in [-0.2, -0.15) is 0 Å². The van der Waals surface area contributed by atoms with Crippen LogP contribution >= 0.6 is 11.8 Å². The van der Waals surface area contributed by atoms with Crippen molar-refractivity contribution >= 4 is 23.2 Å². The van der Waals surface area contributed by atoms with Gasteiger partial charge in [0.1, 0.15) is 0 Å². The summed E-state index contributed by atoms with van der Waals surface area (Å²) < 4.78 is 0.134. The van der Waals surface area contributed by atoms with Crippen LogP contribution in [0, 0.1) is 0 Å². The van der Waals surface area contributed by atoms with Crippen LogP contribution in [0.2, 0.25) is 0 Å². The number of rotatable bonds is 5. The van der Waals surface area contributed by atoms with Crippen LogP contribution in [0.4, 0.5) is 5.69 Å². The molecule has 0 aliphatic carbocycles. The van der Waals surface area contributed by atoms with Gasteiger partial charge in [-0.05, 0) is 19.1 Å². The third kappa shape index (κ3) is 5.61. The Bertz CT molecular complexity index is 699. The lowest BCUT2D eigenvalue weighted by molar-refractivity contribution is 0.104. The first-order valence-corrected chi connectivity index (χ1v) is 8.49. The number of anilines is 1. The molecule has 0 bridgehead atoms. The summed E-state index contributed by atoms with van der Waals surface area (Å²) in [6.45, 7) is 8.49. The molecule has 0 aliphatic heterocycles. The largest absolute Gasteiger partial charge is 0.358 e. The fourth-order valence-corrected chi connectivity index (χ4v) is 3.16. The molecule has 1 N–H and O–H groups in total. The number of thioether (sulfide) groups is 1. The highest BCUT2D eigenvalue weighted by Gasteiger charge is 2.14. The van der Waals surface area contributed by atoms with E-state index in [-0.39, 0.29) is 10.5 Å². The van der Waals surface area contributed by atoms with E-state index in [0.717, 1.165) is 11.4 Å². The molecular formula is C20H23NOS. The maximum atomic E-state index is 12.2. The lowest BCUT2D eigenvalue weighted by Gasteiger charge is -2.20. The van der Waals surface area contributed by atoms with E-state index in [9.17, 15) is 4.79 Å². The molecule has 0 unspecified atom stereocenters. The van der Waals surface area contributed by atoms with Crippen LogP contribution in [0.25, 0.3) is 0 Å². The molecule has 2 rings (SSSR count). The number of allylic oxidation sites excluding steroid dienone is 2. The molecule has 0 saturated heterocycles. The minimum Gasteiger partial charge on any atom is -0.358 e. The topological polar surface area (TPSA) is 29.1 Å². The third-order valence-electron chi connectivity index (χ3n) is 3.04. The number of nitrogens with one attached hydrogen (secondary N) is 1. The van der Waals surface area contributed by atoms with Gasteiger partial charge in [-0.25, -0.2) is 0 Å². The molecule has 2 nitrogen and oxygen atoms in total. The summed E-state index contributed by atoms with van der Waals surface area (Å²) in [5.74, 6) is 0.0107. The lowest BCUT2D eigenvalue weighted by Crippen LogP contribution is -2.08. The third-order valence-corrected chi connectivity index (χ3v) is 4.23. The van der Waals surface area contributed by atoms with Crippen molar-refractivity contribution in [1.29, 1.82) is 0 Å². The number of carbonyl (C=O) groups excluding carboxylic acids is 1. The summed E-state index contributed by atoms with van der Waals surface area (Å²) in [6.07, 6.45) is 1.65. The Hall–Kier alpha value is -2.00. The van der Waals surface area contributed by atoms with Gasteiger partial charge < -0.3 is 5.32 Å². The summed E-state index contributed by atoms with van der Waals surface area (Å²) in [7, 11) is 0. The molecule has 2 aromatic rings. The SMILES string of the molecule is C/C(=C/C(=O)c1ccccc1)Nc1ccccc1SC(C)(C)C. The Morgan fingerprint density at radius 3 is 2.26 bits per heavy atom. The van der Waals surface area contributed by atoms with Gasteiger partial charge in [0, 0.05) is 27.0 Å². The van der Waals surface area contributed by atoms with Crippen LogP contribution in [-0.2, 0) is 0 Å². The summed E-state index contributed by atoms with van der Waals surface area (Å²) in [6, 6.07) is 17.5. The molecule has 0 aliphatic rings. The number of carbonyl (C=O) groups is 1. The fraction of sp³-hybridized carbons (Fsp3) is 0.250. The van der Waals surface area contributed by atoms with Crippen molar-refractivity contribution < 1.29 is 4.79 Å². The zero-order chi connectivity index (χ0) is 16.9. The van der Waals surface area contributed by atoms with Crippen LogP contribution < -0.4 is 5.32 Å². The van der Waals surface area contributed by atoms with E-state index in [1.165, 1.54) is 4.90 Å². The molecule has 0 radical (unpaired) electrons. The first kappa shape index (κ1) is 17.4. The predicted molar refractivity (Wildman–Crippen MR) is 100 cm³/mol. The maximum absolute atomic E-state index is 12.2. The van der Waals surface area contributed by atoms with Gasteiger partial charge in [0.25, 0.3) is 0 Å². The standard InChI is InChI=1S/C20H23NOS/c1-15(14-18(22)16-10-6-5-7-11-16)21-17-12-8-9-13-19(17)23-20(2,3)4/h5-14,21H,1-4H3/b15-14-. The van der Waals surface area contributed by atoms with Gasteiger partial charge in [0.05, 0.1) is 5.69 Å². The summed E-state index contributed by atoms with van der Waals surface area (Å²) in [5.41, 5.74) is 2.56. The molecular weight excluding hydrogens is 302 g/mol. The Kier molecular flexibility index (Phi) is 5.67. The quantitative estimate of drug-likeness (QED) is 0.429. The molecule has 3 heteroatoms. The molecule has 0 fully saturated rings. The minimum atomic E-state index is 0.0107. The Morgan fingerprint density at radius 1 is 1.00 bits per heavy atom. The number of benzene rings is 2. The fourth-order valence-electron chi connectivity index (χ4n) is 2.12. The molecule has 0 spiro atoms. The van der Waals surface area contributed by atoms with Gasteiger partial charge in [0.2, 0.25) is 0 Å². The average Bonchev–Trinajstić information content (AvgIpc) is 2.48. The van der Waals surface area contributed by atoms with Crippen molar-refractivity contribution in [3.8, 4) is 0 Å². The van der Waals surface area contributed by atoms with Crippen LogP contribution in [0.3, 0.4) is 0 Å². The normalized spacial score (nSPS) is 12.1. The predicted octanol–water partition coefficient (Wildman–Crippen LogP) is 5.78. The lowest BCUT2D eigenvalue weighted by atomic mass is 10.1. The summed E-state index contributed by atoms with van der Waals surface area (Å²) >= 11 is 1.81. The highest BCUT2D eigenvalue weighted by molar-refractivity contribution is 8.00. The number of para-hydroxylation sites is 1. The highest BCUT2D eigenvalue weighted by Crippen LogP contribution is 2.36. The molecule has 0 amide bonds. The van der Waals surface area contributed by atoms with E-state index in [1.54, 1.807) is 6.08 Å². The molecule has 0 atom stereocenters. The van der Waals surface area contributed by atoms with Gasteiger partial charge in [-0.1, -0.05) is 63.2 Å². The van der Waals surface area contributed by atoms with Crippen LogP contribution in [0.15, 0.2) is 71.3 Å². The zero-order valence-electron chi connectivity index (χ0n) is 14.1. The van der Waals surface area contributed by atoms with Crippen LogP contribution in [0.1, 0.15) is 38.1 Å². The number of hydrogen-bond acceptors (Lipinski definition) is 3. The minimum absolute atomic E-state index is 0.0107. The van der Waals surface area contributed by atoms with Crippen molar-refractivity contribution in [3.05, 3.63) is 71.9 Å². The summed E-state index contributed by atoms with van der Waals surface area (Å²) in [4.78, 5) is 13.4. The van der Waals surface area contributed by atoms with Crippen molar-refractivity contribution in [2.45, 2.75) is 37.3 Å². The van der Waals surface area contributed by atoms with Crippen molar-refractivity contribution in [1.82, 2.24) is 0 Å². The van der Waals surface area contributed by atoms with Crippen molar-refractivity contribution in [3.63, 3.8) is 0 Å². The van der Waals surface area contributed by atoms with Crippen LogP contribution in [0.5, 0.6) is 0 Å². The molecule has 0 aromatic heterocycles. The second-order valence-electron chi connectivity index (χ2n) is 6.39. The smallest absolute Gasteiger partial charge is 0.187 e. The number of hydrogen-bond donors (Lipinski definition) is 1. The molecule has 2 aromatic carbocycles. The van der Waals surface area contributed by atoms with Gasteiger partial charge in [-0.15, -0.1) is 11.8 Å². The second kappa shape index (κ2) is 7.51. The van der Waals surface area contributed by atoms with Gasteiger partial charge in [-0.3, -0.25) is 4.79 Å². The second-order valence-corrected chi connectivity index (χ2v) is 8.26. The first-order chi connectivity index (χ1) is 10.8. The van der Waals surface area contributed by atoms with Crippen molar-refractivity contribution in [2.75, 3.05) is 5.32 Å². The van der Waals surface area contributed by atoms with Crippen LogP contribution in [-0.4, -0.2) is 10.5 Å². The Labute approximate surface area is 143 Å². The molecule has 0 saturated carbocycles. The molecule has 0 heterocycles. The van der Waals surface area contributed by atoms with Crippen molar-refractivity contribution in [2.24, 2.45) is 0 Å². The van der Waals surface area contributed by atoms with Gasteiger partial charge >= 0.3 is 0 Å². The van der Waals surface area contributed by atoms with E-state index in [0.29, 0.717) is 5.56 Å². The Balaban J connectivity index is 2.16. The van der Waals surface area contributed by atoms with E-state index >= 15 is 0 Å². The first-order valence-electron chi connectivity index (χ1n) is 7.68. The monoisotopic (exact) mass is 325 g/mol.